The van der Waals surface area contributed by atoms with Crippen molar-refractivity contribution in [3.63, 3.8) is 0 Å². The van der Waals surface area contributed by atoms with Crippen LogP contribution in [-0.2, 0) is 9.59 Å². The molecule has 2 aromatic carbocycles. The van der Waals surface area contributed by atoms with Crippen LogP contribution in [0.25, 0.3) is 0 Å². The molecular weight excluding hydrogens is 342 g/mol. The Morgan fingerprint density at radius 3 is 2.12 bits per heavy atom. The van der Waals surface area contributed by atoms with Crippen molar-refractivity contribution in [3.05, 3.63) is 53.6 Å². The molecule has 25 heavy (non-hydrogen) atoms. The molecule has 0 fully saturated rings. The zero-order valence-electron chi connectivity index (χ0n) is 14.1. The molecule has 0 radical (unpaired) electrons. The summed E-state index contributed by atoms with van der Waals surface area (Å²) in [6, 6.07) is 14.0. The van der Waals surface area contributed by atoms with E-state index < -0.39 is 0 Å². The highest BCUT2D eigenvalue weighted by molar-refractivity contribution is 6.30. The van der Waals surface area contributed by atoms with Gasteiger partial charge in [-0.1, -0.05) is 23.7 Å². The van der Waals surface area contributed by atoms with Gasteiger partial charge in [0.05, 0.1) is 20.2 Å². The molecule has 2 N–H and O–H groups in total. The summed E-state index contributed by atoms with van der Waals surface area (Å²) in [7, 11) is 3.26. The van der Waals surface area contributed by atoms with Crippen molar-refractivity contribution in [2.75, 3.05) is 37.9 Å². The third-order valence-electron chi connectivity index (χ3n) is 3.29. The van der Waals surface area contributed by atoms with E-state index in [0.29, 0.717) is 22.1 Å². The van der Waals surface area contributed by atoms with Crippen molar-refractivity contribution in [3.8, 4) is 5.75 Å². The van der Waals surface area contributed by atoms with Crippen LogP contribution in [0.4, 0.5) is 11.4 Å². The lowest BCUT2D eigenvalue weighted by Crippen LogP contribution is -2.36. The zero-order chi connectivity index (χ0) is 18.2. The number of hydrogen-bond donors (Lipinski definition) is 2. The van der Waals surface area contributed by atoms with Crippen molar-refractivity contribution in [1.82, 2.24) is 4.90 Å². The Kier molecular flexibility index (Phi) is 6.80. The van der Waals surface area contributed by atoms with E-state index in [1.807, 2.05) is 0 Å². The van der Waals surface area contributed by atoms with E-state index in [9.17, 15) is 9.59 Å². The second kappa shape index (κ2) is 9.05. The van der Waals surface area contributed by atoms with Gasteiger partial charge in [-0.3, -0.25) is 14.5 Å². The molecule has 0 spiro atoms. The monoisotopic (exact) mass is 361 g/mol. The third-order valence-corrected chi connectivity index (χ3v) is 3.52. The van der Waals surface area contributed by atoms with Crippen molar-refractivity contribution >= 4 is 34.8 Å². The molecule has 7 heteroatoms. The van der Waals surface area contributed by atoms with Gasteiger partial charge in [0.2, 0.25) is 11.8 Å². The van der Waals surface area contributed by atoms with Crippen LogP contribution in [0.2, 0.25) is 5.02 Å². The number of carbonyl (C=O) groups is 2. The first-order chi connectivity index (χ1) is 12.0. The smallest absolute Gasteiger partial charge is 0.238 e. The number of rotatable bonds is 7. The van der Waals surface area contributed by atoms with Gasteiger partial charge in [0.15, 0.2) is 0 Å². The van der Waals surface area contributed by atoms with E-state index >= 15 is 0 Å². The van der Waals surface area contributed by atoms with Gasteiger partial charge in [-0.05, 0) is 37.4 Å². The number of nitrogens with zero attached hydrogens (tertiary/aromatic N) is 1. The molecule has 2 amide bonds. The fraction of sp³-hybridized carbons (Fsp3) is 0.222. The quantitative estimate of drug-likeness (QED) is 0.795. The van der Waals surface area contributed by atoms with Crippen molar-refractivity contribution in [1.29, 1.82) is 0 Å². The first-order valence-corrected chi connectivity index (χ1v) is 8.02. The molecule has 0 aliphatic rings. The van der Waals surface area contributed by atoms with Crippen molar-refractivity contribution in [2.45, 2.75) is 0 Å². The minimum absolute atomic E-state index is 0.0814. The Balaban J connectivity index is 1.81. The van der Waals surface area contributed by atoms with E-state index in [1.165, 1.54) is 0 Å². The molecule has 0 aliphatic heterocycles. The van der Waals surface area contributed by atoms with Crippen LogP contribution in [0, 0.1) is 0 Å². The molecular formula is C18H20ClN3O3. The maximum absolute atomic E-state index is 12.1. The Morgan fingerprint density at radius 1 is 1.00 bits per heavy atom. The largest absolute Gasteiger partial charge is 0.497 e. The van der Waals surface area contributed by atoms with Gasteiger partial charge in [-0.2, -0.15) is 0 Å². The number of halogens is 1. The Labute approximate surface area is 151 Å². The van der Waals surface area contributed by atoms with Crippen LogP contribution >= 0.6 is 11.6 Å². The summed E-state index contributed by atoms with van der Waals surface area (Å²) in [5.41, 5.74) is 1.26. The minimum Gasteiger partial charge on any atom is -0.497 e. The summed E-state index contributed by atoms with van der Waals surface area (Å²) < 4.78 is 5.11. The highest BCUT2D eigenvalue weighted by atomic mass is 35.5. The second-order valence-electron chi connectivity index (χ2n) is 5.51. The van der Waals surface area contributed by atoms with E-state index in [2.05, 4.69) is 10.6 Å². The highest BCUT2D eigenvalue weighted by Crippen LogP contribution is 2.17. The third kappa shape index (κ3) is 6.45. The predicted octanol–water partition coefficient (Wildman–Crippen LogP) is 2.86. The minimum atomic E-state index is -0.223. The fourth-order valence-corrected chi connectivity index (χ4v) is 2.40. The van der Waals surface area contributed by atoms with E-state index in [0.717, 1.165) is 0 Å². The summed E-state index contributed by atoms with van der Waals surface area (Å²) in [5.74, 6) is 0.220. The SMILES string of the molecule is COc1cccc(NC(=O)CN(C)CC(=O)Nc2cccc(Cl)c2)c1. The number of carbonyl (C=O) groups excluding carboxylic acids is 2. The van der Waals surface area contributed by atoms with Gasteiger partial charge in [-0.15, -0.1) is 0 Å². The molecule has 0 unspecified atom stereocenters. The number of amides is 2. The Hall–Kier alpha value is -2.57. The molecule has 2 aromatic rings. The van der Waals surface area contributed by atoms with Crippen LogP contribution in [0.5, 0.6) is 5.75 Å². The zero-order valence-corrected chi connectivity index (χ0v) is 14.8. The summed E-state index contributed by atoms with van der Waals surface area (Å²) in [6.45, 7) is 0.165. The van der Waals surface area contributed by atoms with Gasteiger partial charge in [0, 0.05) is 22.5 Å². The number of anilines is 2. The van der Waals surface area contributed by atoms with Gasteiger partial charge in [0.1, 0.15) is 5.75 Å². The molecule has 0 atom stereocenters. The van der Waals surface area contributed by atoms with Gasteiger partial charge in [0.25, 0.3) is 0 Å². The summed E-state index contributed by atoms with van der Waals surface area (Å²) in [5, 5.41) is 6.05. The number of nitrogens with one attached hydrogen (secondary N) is 2. The molecule has 132 valence electrons. The van der Waals surface area contributed by atoms with Gasteiger partial charge >= 0.3 is 0 Å². The number of hydrogen-bond acceptors (Lipinski definition) is 4. The average Bonchev–Trinajstić information content (AvgIpc) is 2.54. The molecule has 0 bridgehead atoms. The molecule has 0 heterocycles. The lowest BCUT2D eigenvalue weighted by molar-refractivity contribution is -0.119. The van der Waals surface area contributed by atoms with Crippen LogP contribution in [0.1, 0.15) is 0 Å². The van der Waals surface area contributed by atoms with E-state index in [1.54, 1.807) is 67.6 Å². The first kappa shape index (κ1) is 18.8. The lowest BCUT2D eigenvalue weighted by atomic mass is 10.3. The molecule has 6 nitrogen and oxygen atoms in total. The van der Waals surface area contributed by atoms with Crippen LogP contribution in [0.3, 0.4) is 0 Å². The number of methoxy groups -OCH3 is 1. The Bertz CT molecular complexity index is 752. The van der Waals surface area contributed by atoms with Gasteiger partial charge in [-0.25, -0.2) is 0 Å². The number of benzene rings is 2. The maximum atomic E-state index is 12.1. The molecule has 0 aliphatic carbocycles. The normalized spacial score (nSPS) is 10.4. The summed E-state index contributed by atoms with van der Waals surface area (Å²) in [4.78, 5) is 25.7. The number of ether oxygens (including phenoxy) is 1. The van der Waals surface area contributed by atoms with E-state index in [-0.39, 0.29) is 24.9 Å². The fourth-order valence-electron chi connectivity index (χ4n) is 2.21. The highest BCUT2D eigenvalue weighted by Gasteiger charge is 2.11. The lowest BCUT2D eigenvalue weighted by Gasteiger charge is -2.16. The topological polar surface area (TPSA) is 70.7 Å². The molecule has 0 aromatic heterocycles. The van der Waals surface area contributed by atoms with Gasteiger partial charge < -0.3 is 15.4 Å². The maximum Gasteiger partial charge on any atom is 0.238 e. The van der Waals surface area contributed by atoms with Crippen LogP contribution in [0.15, 0.2) is 48.5 Å². The standard InChI is InChI=1S/C18H20ClN3O3/c1-22(11-17(23)20-14-6-3-5-13(19)9-14)12-18(24)21-15-7-4-8-16(10-15)25-2/h3-10H,11-12H2,1-2H3,(H,20,23)(H,21,24). The predicted molar refractivity (Wildman–Crippen MR) is 99.2 cm³/mol. The second-order valence-corrected chi connectivity index (χ2v) is 5.95. The average molecular weight is 362 g/mol. The summed E-state index contributed by atoms with van der Waals surface area (Å²) in [6.07, 6.45) is 0. The van der Waals surface area contributed by atoms with Crippen molar-refractivity contribution < 1.29 is 14.3 Å². The molecule has 2 rings (SSSR count). The van der Waals surface area contributed by atoms with E-state index in [4.69, 9.17) is 16.3 Å². The molecule has 0 saturated heterocycles. The van der Waals surface area contributed by atoms with Crippen LogP contribution < -0.4 is 15.4 Å². The molecule has 0 saturated carbocycles. The van der Waals surface area contributed by atoms with Crippen molar-refractivity contribution in [2.24, 2.45) is 0 Å². The summed E-state index contributed by atoms with van der Waals surface area (Å²) >= 11 is 5.88. The number of likely N-dealkylation sites (N-methyl/N-ethyl adjacent to an activating group) is 1. The van der Waals surface area contributed by atoms with Crippen LogP contribution in [-0.4, -0.2) is 44.0 Å². The Morgan fingerprint density at radius 2 is 1.56 bits per heavy atom. The first-order valence-electron chi connectivity index (χ1n) is 7.64.